The van der Waals surface area contributed by atoms with Crippen LogP contribution >= 0.6 is 0 Å². The molecule has 3 heteroatoms. The normalized spacial score (nSPS) is 17.8. The first-order valence-corrected chi connectivity index (χ1v) is 11.1. The molecule has 1 N–H and O–H groups in total. The molecule has 1 amide bonds. The van der Waals surface area contributed by atoms with Crippen molar-refractivity contribution in [3.63, 3.8) is 0 Å². The molecule has 0 bridgehead atoms. The lowest BCUT2D eigenvalue weighted by molar-refractivity contribution is 0.0499. The Balaban J connectivity index is 1.48. The molecule has 4 rings (SSSR count). The maximum absolute atomic E-state index is 12.4. The number of fused-ring (bicyclic) bond motifs is 1. The molecule has 0 fully saturated rings. The smallest absolute Gasteiger partial charge is 0.407 e. The maximum Gasteiger partial charge on any atom is 0.407 e. The lowest BCUT2D eigenvalue weighted by Crippen LogP contribution is -2.41. The van der Waals surface area contributed by atoms with Gasteiger partial charge in [-0.3, -0.25) is 0 Å². The number of hydrogen-bond donors (Lipinski definition) is 1. The summed E-state index contributed by atoms with van der Waals surface area (Å²) in [6.07, 6.45) is 2.33. The van der Waals surface area contributed by atoms with Crippen molar-refractivity contribution in [2.45, 2.75) is 57.6 Å². The highest BCUT2D eigenvalue weighted by Gasteiger charge is 2.34. The largest absolute Gasteiger partial charge is 0.444 e. The van der Waals surface area contributed by atoms with E-state index in [-0.39, 0.29) is 18.1 Å². The van der Waals surface area contributed by atoms with Crippen molar-refractivity contribution < 1.29 is 9.53 Å². The first-order chi connectivity index (χ1) is 14.9. The van der Waals surface area contributed by atoms with Gasteiger partial charge in [0.2, 0.25) is 0 Å². The first kappa shape index (κ1) is 21.2. The van der Waals surface area contributed by atoms with E-state index in [1.165, 1.54) is 27.8 Å². The molecule has 1 aliphatic rings. The third-order valence-corrected chi connectivity index (χ3v) is 5.81. The number of carbonyl (C=O) groups is 1. The SMILES string of the molecule is CC(C)(C)OC(=O)NC1Cc2ccccc2C1Cc1ccc(Cc2ccccc2)cc1. The third-order valence-electron chi connectivity index (χ3n) is 5.81. The molecule has 0 saturated carbocycles. The van der Waals surface area contributed by atoms with Crippen molar-refractivity contribution in [1.82, 2.24) is 5.32 Å². The Kier molecular flexibility index (Phi) is 6.13. The van der Waals surface area contributed by atoms with Crippen LogP contribution in [0.3, 0.4) is 0 Å². The average molecular weight is 414 g/mol. The molecule has 3 nitrogen and oxygen atoms in total. The summed E-state index contributed by atoms with van der Waals surface area (Å²) in [7, 11) is 0. The molecule has 0 radical (unpaired) electrons. The number of amides is 1. The second-order valence-corrected chi connectivity index (χ2v) is 9.45. The fourth-order valence-electron chi connectivity index (χ4n) is 4.42. The van der Waals surface area contributed by atoms with Crippen LogP contribution in [-0.4, -0.2) is 17.7 Å². The molecule has 0 saturated heterocycles. The summed E-state index contributed by atoms with van der Waals surface area (Å²) < 4.78 is 5.52. The van der Waals surface area contributed by atoms with E-state index in [0.29, 0.717) is 0 Å². The molecular formula is C28H31NO2. The fourth-order valence-corrected chi connectivity index (χ4v) is 4.42. The molecule has 0 aliphatic heterocycles. The number of rotatable bonds is 5. The summed E-state index contributed by atoms with van der Waals surface area (Å²) in [5.41, 5.74) is 6.06. The monoisotopic (exact) mass is 413 g/mol. The minimum atomic E-state index is -0.500. The number of alkyl carbamates (subject to hydrolysis) is 1. The van der Waals surface area contributed by atoms with E-state index in [1.807, 2.05) is 26.8 Å². The molecule has 2 unspecified atom stereocenters. The van der Waals surface area contributed by atoms with Crippen LogP contribution in [0, 0.1) is 0 Å². The van der Waals surface area contributed by atoms with Gasteiger partial charge in [0.25, 0.3) is 0 Å². The Bertz CT molecular complexity index is 1020. The zero-order valence-corrected chi connectivity index (χ0v) is 18.6. The Morgan fingerprint density at radius 1 is 0.871 bits per heavy atom. The molecule has 2 atom stereocenters. The van der Waals surface area contributed by atoms with Crippen molar-refractivity contribution in [3.8, 4) is 0 Å². The van der Waals surface area contributed by atoms with Gasteiger partial charge in [0.1, 0.15) is 5.60 Å². The molecular weight excluding hydrogens is 382 g/mol. The second kappa shape index (κ2) is 8.97. The van der Waals surface area contributed by atoms with Crippen LogP contribution in [0.5, 0.6) is 0 Å². The molecule has 0 aromatic heterocycles. The highest BCUT2D eigenvalue weighted by Crippen LogP contribution is 2.36. The van der Waals surface area contributed by atoms with Gasteiger partial charge in [-0.05, 0) is 67.9 Å². The van der Waals surface area contributed by atoms with Crippen LogP contribution in [0.4, 0.5) is 4.79 Å². The van der Waals surface area contributed by atoms with Gasteiger partial charge in [-0.25, -0.2) is 4.79 Å². The Labute approximate surface area is 185 Å². The van der Waals surface area contributed by atoms with E-state index in [4.69, 9.17) is 4.74 Å². The van der Waals surface area contributed by atoms with Crippen molar-refractivity contribution in [1.29, 1.82) is 0 Å². The van der Waals surface area contributed by atoms with Crippen LogP contribution in [-0.2, 0) is 24.0 Å². The number of benzene rings is 3. The summed E-state index contributed by atoms with van der Waals surface area (Å²) in [5, 5.41) is 3.14. The average Bonchev–Trinajstić information content (AvgIpc) is 3.06. The Morgan fingerprint density at radius 2 is 1.48 bits per heavy atom. The predicted molar refractivity (Wildman–Crippen MR) is 125 cm³/mol. The molecule has 160 valence electrons. The van der Waals surface area contributed by atoms with Crippen molar-refractivity contribution >= 4 is 6.09 Å². The highest BCUT2D eigenvalue weighted by molar-refractivity contribution is 5.68. The summed E-state index contributed by atoms with van der Waals surface area (Å²) in [5.74, 6) is 0.240. The van der Waals surface area contributed by atoms with Crippen molar-refractivity contribution in [2.75, 3.05) is 0 Å². The fraction of sp³-hybridized carbons (Fsp3) is 0.321. The molecule has 0 heterocycles. The molecule has 1 aliphatic carbocycles. The predicted octanol–water partition coefficient (Wildman–Crippen LogP) is 6.05. The number of nitrogens with one attached hydrogen (secondary N) is 1. The Hall–Kier alpha value is -3.07. The zero-order valence-electron chi connectivity index (χ0n) is 18.6. The van der Waals surface area contributed by atoms with Gasteiger partial charge in [0.15, 0.2) is 0 Å². The van der Waals surface area contributed by atoms with Crippen molar-refractivity contribution in [2.24, 2.45) is 0 Å². The van der Waals surface area contributed by atoms with Gasteiger partial charge < -0.3 is 10.1 Å². The number of hydrogen-bond acceptors (Lipinski definition) is 2. The van der Waals surface area contributed by atoms with E-state index in [1.54, 1.807) is 0 Å². The lowest BCUT2D eigenvalue weighted by atomic mass is 9.90. The third kappa shape index (κ3) is 5.55. The van der Waals surface area contributed by atoms with Crippen LogP contribution in [0.25, 0.3) is 0 Å². The first-order valence-electron chi connectivity index (χ1n) is 11.1. The van der Waals surface area contributed by atoms with E-state index in [2.05, 4.69) is 78.1 Å². The van der Waals surface area contributed by atoms with E-state index in [0.717, 1.165) is 19.3 Å². The van der Waals surface area contributed by atoms with Gasteiger partial charge in [0, 0.05) is 12.0 Å². The topological polar surface area (TPSA) is 38.3 Å². The second-order valence-electron chi connectivity index (χ2n) is 9.45. The number of ether oxygens (including phenoxy) is 1. The minimum Gasteiger partial charge on any atom is -0.444 e. The van der Waals surface area contributed by atoms with E-state index >= 15 is 0 Å². The highest BCUT2D eigenvalue weighted by atomic mass is 16.6. The zero-order chi connectivity index (χ0) is 21.8. The molecule has 3 aromatic rings. The van der Waals surface area contributed by atoms with Gasteiger partial charge in [-0.2, -0.15) is 0 Å². The molecule has 3 aromatic carbocycles. The molecule has 31 heavy (non-hydrogen) atoms. The Morgan fingerprint density at radius 3 is 2.19 bits per heavy atom. The summed E-state index contributed by atoms with van der Waals surface area (Å²) in [4.78, 5) is 12.4. The van der Waals surface area contributed by atoms with Crippen LogP contribution in [0.2, 0.25) is 0 Å². The molecule has 0 spiro atoms. The van der Waals surface area contributed by atoms with Gasteiger partial charge in [-0.1, -0.05) is 78.9 Å². The van der Waals surface area contributed by atoms with Crippen LogP contribution < -0.4 is 5.32 Å². The summed E-state index contributed by atoms with van der Waals surface area (Å²) in [6, 6.07) is 28.0. The van der Waals surface area contributed by atoms with Crippen molar-refractivity contribution in [3.05, 3.63) is 107 Å². The van der Waals surface area contributed by atoms with Gasteiger partial charge in [-0.15, -0.1) is 0 Å². The number of carbonyl (C=O) groups excluding carboxylic acids is 1. The lowest BCUT2D eigenvalue weighted by Gasteiger charge is -2.25. The van der Waals surface area contributed by atoms with Crippen LogP contribution in [0.15, 0.2) is 78.9 Å². The van der Waals surface area contributed by atoms with Gasteiger partial charge in [0.05, 0.1) is 0 Å². The van der Waals surface area contributed by atoms with Gasteiger partial charge >= 0.3 is 6.09 Å². The van der Waals surface area contributed by atoms with E-state index in [9.17, 15) is 4.79 Å². The van der Waals surface area contributed by atoms with Crippen LogP contribution in [0.1, 0.15) is 54.5 Å². The summed E-state index contributed by atoms with van der Waals surface area (Å²) >= 11 is 0. The van der Waals surface area contributed by atoms with E-state index < -0.39 is 5.60 Å². The minimum absolute atomic E-state index is 0.0382. The summed E-state index contributed by atoms with van der Waals surface area (Å²) in [6.45, 7) is 5.68. The standard InChI is InChI=1S/C28H31NO2/c1-28(2,3)31-27(30)29-26-19-23-11-7-8-12-24(23)25(26)18-22-15-13-21(14-16-22)17-20-9-5-4-6-10-20/h4-16,25-26H,17-19H2,1-3H3,(H,29,30). The quantitative estimate of drug-likeness (QED) is 0.553. The maximum atomic E-state index is 12.4.